The van der Waals surface area contributed by atoms with Gasteiger partial charge in [-0.15, -0.1) is 11.8 Å². The van der Waals surface area contributed by atoms with Crippen molar-refractivity contribution in [2.75, 3.05) is 18.8 Å². The van der Waals surface area contributed by atoms with E-state index < -0.39 is 12.0 Å². The molecule has 2 fully saturated rings. The van der Waals surface area contributed by atoms with Crippen LogP contribution in [0, 0.1) is 11.8 Å². The highest BCUT2D eigenvalue weighted by atomic mass is 32.2. The topological polar surface area (TPSA) is 69.6 Å². The van der Waals surface area contributed by atoms with Crippen molar-refractivity contribution in [3.63, 3.8) is 0 Å². The minimum atomic E-state index is -0.888. The summed E-state index contributed by atoms with van der Waals surface area (Å²) in [6.07, 6.45) is 0. The summed E-state index contributed by atoms with van der Waals surface area (Å²) in [5.41, 5.74) is 0. The number of aliphatic carboxylic acids is 1. The molecule has 0 bridgehead atoms. The van der Waals surface area contributed by atoms with Crippen LogP contribution in [0.4, 0.5) is 0 Å². The van der Waals surface area contributed by atoms with Gasteiger partial charge in [-0.2, -0.15) is 0 Å². The molecule has 2 aliphatic heterocycles. The van der Waals surface area contributed by atoms with E-state index in [0.717, 1.165) is 0 Å². The molecule has 96 valence electrons. The van der Waals surface area contributed by atoms with Crippen molar-refractivity contribution < 1.29 is 14.7 Å². The van der Waals surface area contributed by atoms with E-state index in [9.17, 15) is 14.7 Å². The summed E-state index contributed by atoms with van der Waals surface area (Å²) in [5.74, 6) is -0.136. The fraction of sp³-hybridized carbons (Fsp3) is 0.818. The van der Waals surface area contributed by atoms with Gasteiger partial charge in [0.15, 0.2) is 0 Å². The van der Waals surface area contributed by atoms with Crippen molar-refractivity contribution >= 4 is 23.6 Å². The van der Waals surface area contributed by atoms with Gasteiger partial charge in [-0.1, -0.05) is 13.8 Å². The lowest BCUT2D eigenvalue weighted by Crippen LogP contribution is -2.56. The molecule has 0 aliphatic carbocycles. The largest absolute Gasteiger partial charge is 0.480 e. The molecule has 2 atom stereocenters. The van der Waals surface area contributed by atoms with Crippen LogP contribution >= 0.6 is 11.8 Å². The number of rotatable bonds is 3. The summed E-state index contributed by atoms with van der Waals surface area (Å²) >= 11 is 1.58. The number of carbonyl (C=O) groups is 2. The molecule has 2 aliphatic rings. The van der Waals surface area contributed by atoms with E-state index >= 15 is 0 Å². The molecule has 0 aromatic carbocycles. The minimum Gasteiger partial charge on any atom is -0.480 e. The van der Waals surface area contributed by atoms with E-state index in [1.54, 1.807) is 16.7 Å². The van der Waals surface area contributed by atoms with Crippen molar-refractivity contribution in [3.8, 4) is 0 Å². The Balaban J connectivity index is 2.16. The first-order valence-corrected chi connectivity index (χ1v) is 6.94. The lowest BCUT2D eigenvalue weighted by Gasteiger charge is -2.36. The summed E-state index contributed by atoms with van der Waals surface area (Å²) in [5, 5.41) is 12.2. The zero-order chi connectivity index (χ0) is 12.6. The molecule has 5 nitrogen and oxygen atoms in total. The molecule has 2 rings (SSSR count). The van der Waals surface area contributed by atoms with Crippen LogP contribution in [0.5, 0.6) is 0 Å². The highest BCUT2D eigenvalue weighted by Gasteiger charge is 2.45. The highest BCUT2D eigenvalue weighted by Crippen LogP contribution is 2.35. The van der Waals surface area contributed by atoms with Crippen molar-refractivity contribution in [2.24, 2.45) is 11.8 Å². The predicted molar refractivity (Wildman–Crippen MR) is 65.7 cm³/mol. The van der Waals surface area contributed by atoms with E-state index in [-0.39, 0.29) is 23.1 Å². The summed E-state index contributed by atoms with van der Waals surface area (Å²) < 4.78 is 0. The van der Waals surface area contributed by atoms with Gasteiger partial charge < -0.3 is 15.3 Å². The summed E-state index contributed by atoms with van der Waals surface area (Å²) in [6.45, 7) is 5.41. The first-order chi connectivity index (χ1) is 8.02. The SMILES string of the molecule is CC(C)C1SCC(C(=O)O)N1C(=O)C1CNC1. The maximum atomic E-state index is 12.3. The van der Waals surface area contributed by atoms with Gasteiger partial charge in [0.2, 0.25) is 5.91 Å². The molecule has 2 heterocycles. The third-order valence-corrected chi connectivity index (χ3v) is 4.90. The van der Waals surface area contributed by atoms with Crippen LogP contribution in [0.3, 0.4) is 0 Å². The second-order valence-electron chi connectivity index (χ2n) is 4.92. The lowest BCUT2D eigenvalue weighted by atomic mass is 10.00. The maximum Gasteiger partial charge on any atom is 0.327 e. The molecule has 0 spiro atoms. The summed E-state index contributed by atoms with van der Waals surface area (Å²) in [4.78, 5) is 25.1. The zero-order valence-corrected chi connectivity index (χ0v) is 10.9. The predicted octanol–water partition coefficient (Wildman–Crippen LogP) is 0.217. The second kappa shape index (κ2) is 4.86. The molecule has 2 saturated heterocycles. The van der Waals surface area contributed by atoms with Crippen LogP contribution in [0.2, 0.25) is 0 Å². The van der Waals surface area contributed by atoms with Crippen LogP contribution in [0.1, 0.15) is 13.8 Å². The first-order valence-electron chi connectivity index (χ1n) is 5.89. The van der Waals surface area contributed by atoms with Crippen LogP contribution in [0.25, 0.3) is 0 Å². The Morgan fingerprint density at radius 1 is 1.41 bits per heavy atom. The number of nitrogens with one attached hydrogen (secondary N) is 1. The highest BCUT2D eigenvalue weighted by molar-refractivity contribution is 8.00. The Morgan fingerprint density at radius 3 is 2.47 bits per heavy atom. The quantitative estimate of drug-likeness (QED) is 0.757. The van der Waals surface area contributed by atoms with E-state index in [1.165, 1.54) is 0 Å². The molecule has 0 aromatic rings. The number of carboxylic acids is 1. The van der Waals surface area contributed by atoms with Gasteiger partial charge >= 0.3 is 5.97 Å². The number of carbonyl (C=O) groups excluding carboxylic acids is 1. The average Bonchev–Trinajstić information content (AvgIpc) is 2.58. The molecule has 2 unspecified atom stereocenters. The average molecular weight is 258 g/mol. The van der Waals surface area contributed by atoms with Crippen molar-refractivity contribution in [2.45, 2.75) is 25.3 Å². The van der Waals surface area contributed by atoms with E-state index in [0.29, 0.717) is 18.8 Å². The molecule has 0 radical (unpaired) electrons. The summed E-state index contributed by atoms with van der Waals surface area (Å²) in [6, 6.07) is -0.652. The Kier molecular flexibility index (Phi) is 3.63. The fourth-order valence-electron chi connectivity index (χ4n) is 2.18. The Bertz CT molecular complexity index is 331. The number of thioether (sulfide) groups is 1. The van der Waals surface area contributed by atoms with Gasteiger partial charge in [-0.3, -0.25) is 4.79 Å². The molecular weight excluding hydrogens is 240 g/mol. The third kappa shape index (κ3) is 2.28. The van der Waals surface area contributed by atoms with Gasteiger partial charge in [0.1, 0.15) is 6.04 Å². The number of nitrogens with zero attached hydrogens (tertiary/aromatic N) is 1. The van der Waals surface area contributed by atoms with Crippen LogP contribution in [0.15, 0.2) is 0 Å². The number of amides is 1. The Morgan fingerprint density at radius 2 is 2.06 bits per heavy atom. The Hall–Kier alpha value is -0.750. The van der Waals surface area contributed by atoms with Gasteiger partial charge in [-0.05, 0) is 5.92 Å². The van der Waals surface area contributed by atoms with E-state index in [2.05, 4.69) is 5.32 Å². The number of hydrogen-bond acceptors (Lipinski definition) is 4. The molecule has 0 saturated carbocycles. The van der Waals surface area contributed by atoms with Crippen LogP contribution in [-0.4, -0.2) is 52.1 Å². The monoisotopic (exact) mass is 258 g/mol. The van der Waals surface area contributed by atoms with Gasteiger partial charge in [0.05, 0.1) is 11.3 Å². The number of carboxylic acid groups (broad SMARTS) is 1. The first kappa shape index (κ1) is 12.7. The zero-order valence-electron chi connectivity index (χ0n) is 10.0. The Labute approximate surface area is 105 Å². The lowest BCUT2D eigenvalue weighted by molar-refractivity contribution is -0.152. The standard InChI is InChI=1S/C11H18N2O3S/c1-6(2)10-13(8(5-17-10)11(15)16)9(14)7-3-12-4-7/h6-8,10,12H,3-5H2,1-2H3,(H,15,16). The fourth-order valence-corrected chi connectivity index (χ4v) is 3.66. The smallest absolute Gasteiger partial charge is 0.327 e. The molecule has 2 N–H and O–H groups in total. The third-order valence-electron chi connectivity index (χ3n) is 3.28. The van der Waals surface area contributed by atoms with Gasteiger partial charge in [0, 0.05) is 18.8 Å². The van der Waals surface area contributed by atoms with Gasteiger partial charge in [-0.25, -0.2) is 4.79 Å². The van der Waals surface area contributed by atoms with Crippen molar-refractivity contribution in [1.82, 2.24) is 10.2 Å². The molecule has 17 heavy (non-hydrogen) atoms. The summed E-state index contributed by atoms with van der Waals surface area (Å²) in [7, 11) is 0. The van der Waals surface area contributed by atoms with E-state index in [1.807, 2.05) is 13.8 Å². The minimum absolute atomic E-state index is 0.000139. The van der Waals surface area contributed by atoms with E-state index in [4.69, 9.17) is 0 Å². The van der Waals surface area contributed by atoms with Crippen LogP contribution < -0.4 is 5.32 Å². The van der Waals surface area contributed by atoms with Gasteiger partial charge in [0.25, 0.3) is 0 Å². The van der Waals surface area contributed by atoms with Crippen LogP contribution in [-0.2, 0) is 9.59 Å². The van der Waals surface area contributed by atoms with Crippen molar-refractivity contribution in [3.05, 3.63) is 0 Å². The van der Waals surface area contributed by atoms with Crippen molar-refractivity contribution in [1.29, 1.82) is 0 Å². The molecule has 1 amide bonds. The molecular formula is C11H18N2O3S. The normalized spacial score (nSPS) is 29.5. The maximum absolute atomic E-state index is 12.3. The molecule has 0 aromatic heterocycles. The number of hydrogen-bond donors (Lipinski definition) is 2. The second-order valence-corrected chi connectivity index (χ2v) is 6.07. The molecule has 6 heteroatoms.